The number of benzene rings is 1. The molecule has 23 heavy (non-hydrogen) atoms. The Labute approximate surface area is 134 Å². The zero-order valence-corrected chi connectivity index (χ0v) is 13.3. The van der Waals surface area contributed by atoms with Crippen LogP contribution in [-0.4, -0.2) is 46.4 Å². The number of hydrogen-bond acceptors (Lipinski definition) is 5. The van der Waals surface area contributed by atoms with Crippen molar-refractivity contribution in [2.75, 3.05) is 19.7 Å². The van der Waals surface area contributed by atoms with Crippen LogP contribution in [0.1, 0.15) is 24.2 Å². The van der Waals surface area contributed by atoms with E-state index >= 15 is 0 Å². The summed E-state index contributed by atoms with van der Waals surface area (Å²) in [5.41, 5.74) is 2.51. The third-order valence-corrected chi connectivity index (χ3v) is 3.23. The monoisotopic (exact) mass is 313 g/mol. The van der Waals surface area contributed by atoms with Crippen molar-refractivity contribution in [2.24, 2.45) is 0 Å². The Bertz CT molecular complexity index is 743. The van der Waals surface area contributed by atoms with E-state index < -0.39 is 5.97 Å². The van der Waals surface area contributed by atoms with E-state index in [4.69, 9.17) is 4.74 Å². The third-order valence-electron chi connectivity index (χ3n) is 3.23. The summed E-state index contributed by atoms with van der Waals surface area (Å²) in [6, 6.07) is 4.90. The van der Waals surface area contributed by atoms with Gasteiger partial charge >= 0.3 is 5.97 Å². The predicted octanol–water partition coefficient (Wildman–Crippen LogP) is 2.21. The van der Waals surface area contributed by atoms with Crippen LogP contribution in [0.4, 0.5) is 0 Å². The number of aromatic nitrogens is 2. The van der Waals surface area contributed by atoms with Crippen molar-refractivity contribution in [3.05, 3.63) is 48.3 Å². The summed E-state index contributed by atoms with van der Waals surface area (Å²) in [5, 5.41) is 0. The van der Waals surface area contributed by atoms with Gasteiger partial charge in [0.1, 0.15) is 0 Å². The van der Waals surface area contributed by atoms with Gasteiger partial charge in [-0.05, 0) is 32.0 Å². The van der Waals surface area contributed by atoms with E-state index in [1.54, 1.807) is 35.5 Å². The lowest BCUT2D eigenvalue weighted by Crippen LogP contribution is -2.35. The summed E-state index contributed by atoms with van der Waals surface area (Å²) in [4.78, 5) is 34.0. The molecule has 6 nitrogen and oxygen atoms in total. The Morgan fingerprint density at radius 3 is 2.57 bits per heavy atom. The molecule has 1 aromatic carbocycles. The van der Waals surface area contributed by atoms with Gasteiger partial charge in [0.25, 0.3) is 5.91 Å². The quantitative estimate of drug-likeness (QED) is 0.604. The molecule has 2 aromatic rings. The van der Waals surface area contributed by atoms with Crippen molar-refractivity contribution >= 4 is 22.9 Å². The molecule has 0 N–H and O–H groups in total. The first-order valence-corrected chi connectivity index (χ1v) is 7.31. The van der Waals surface area contributed by atoms with E-state index in [0.717, 1.165) is 5.57 Å². The highest BCUT2D eigenvalue weighted by atomic mass is 16.5. The highest BCUT2D eigenvalue weighted by molar-refractivity contribution is 5.94. The lowest BCUT2D eigenvalue weighted by atomic mass is 10.2. The Morgan fingerprint density at radius 1 is 1.22 bits per heavy atom. The maximum absolute atomic E-state index is 12.1. The number of fused-ring (bicyclic) bond motifs is 1. The first-order chi connectivity index (χ1) is 11.0. The molecule has 120 valence electrons. The summed E-state index contributed by atoms with van der Waals surface area (Å²) in [5.74, 6) is -0.804. The fourth-order valence-electron chi connectivity index (χ4n) is 2.09. The minimum Gasteiger partial charge on any atom is -0.452 e. The second kappa shape index (κ2) is 7.49. The van der Waals surface area contributed by atoms with Gasteiger partial charge in [-0.25, -0.2) is 4.79 Å². The van der Waals surface area contributed by atoms with Crippen LogP contribution in [0.3, 0.4) is 0 Å². The van der Waals surface area contributed by atoms with Crippen LogP contribution >= 0.6 is 0 Å². The molecule has 0 saturated heterocycles. The number of hydrogen-bond donors (Lipinski definition) is 0. The molecule has 2 rings (SSSR count). The normalized spacial score (nSPS) is 10.3. The SMILES string of the molecule is C=C(C)CN(CC)C(=O)COC(=O)c1ccc2nccnc2c1. The lowest BCUT2D eigenvalue weighted by molar-refractivity contribution is -0.133. The number of carbonyl (C=O) groups is 2. The van der Waals surface area contributed by atoms with E-state index in [-0.39, 0.29) is 12.5 Å². The molecule has 0 aliphatic heterocycles. The van der Waals surface area contributed by atoms with Crippen LogP contribution in [0.2, 0.25) is 0 Å². The smallest absolute Gasteiger partial charge is 0.338 e. The van der Waals surface area contributed by atoms with Crippen molar-refractivity contribution in [1.29, 1.82) is 0 Å². The summed E-state index contributed by atoms with van der Waals surface area (Å²) < 4.78 is 5.10. The number of amides is 1. The van der Waals surface area contributed by atoms with Gasteiger partial charge in [0.2, 0.25) is 0 Å². The second-order valence-corrected chi connectivity index (χ2v) is 5.20. The first kappa shape index (κ1) is 16.6. The summed E-state index contributed by atoms with van der Waals surface area (Å²) in [6.45, 7) is 8.19. The van der Waals surface area contributed by atoms with Gasteiger partial charge in [0, 0.05) is 25.5 Å². The molecule has 1 heterocycles. The van der Waals surface area contributed by atoms with Gasteiger partial charge in [0.05, 0.1) is 16.6 Å². The Kier molecular flexibility index (Phi) is 5.41. The number of nitrogens with zero attached hydrogens (tertiary/aromatic N) is 3. The molecule has 0 spiro atoms. The molecule has 0 unspecified atom stereocenters. The molecule has 1 amide bonds. The highest BCUT2D eigenvalue weighted by Gasteiger charge is 2.15. The zero-order valence-electron chi connectivity index (χ0n) is 13.3. The van der Waals surface area contributed by atoms with Crippen molar-refractivity contribution in [3.63, 3.8) is 0 Å². The van der Waals surface area contributed by atoms with Crippen LogP contribution in [0.25, 0.3) is 11.0 Å². The number of esters is 1. The zero-order chi connectivity index (χ0) is 16.8. The number of likely N-dealkylation sites (N-methyl/N-ethyl adjacent to an activating group) is 1. The lowest BCUT2D eigenvalue weighted by Gasteiger charge is -2.20. The van der Waals surface area contributed by atoms with Crippen LogP contribution in [0.15, 0.2) is 42.7 Å². The molecule has 6 heteroatoms. The van der Waals surface area contributed by atoms with Gasteiger partial charge in [-0.15, -0.1) is 0 Å². The molecular weight excluding hydrogens is 294 g/mol. The molecule has 0 aliphatic rings. The summed E-state index contributed by atoms with van der Waals surface area (Å²) >= 11 is 0. The minimum atomic E-state index is -0.558. The van der Waals surface area contributed by atoms with Crippen LogP contribution in [0, 0.1) is 0 Å². The topological polar surface area (TPSA) is 72.4 Å². The third kappa shape index (κ3) is 4.35. The fraction of sp³-hybridized carbons (Fsp3) is 0.294. The standard InChI is InChI=1S/C17H19N3O3/c1-4-20(10-12(2)3)16(21)11-23-17(22)13-5-6-14-15(9-13)19-8-7-18-14/h5-9H,2,4,10-11H2,1,3H3. The largest absolute Gasteiger partial charge is 0.452 e. The molecule has 0 atom stereocenters. The van der Waals surface area contributed by atoms with Gasteiger partial charge in [-0.2, -0.15) is 0 Å². The average molecular weight is 313 g/mol. The van der Waals surface area contributed by atoms with E-state index in [9.17, 15) is 9.59 Å². The van der Waals surface area contributed by atoms with Crippen molar-refractivity contribution in [3.8, 4) is 0 Å². The van der Waals surface area contributed by atoms with Gasteiger partial charge in [-0.1, -0.05) is 12.2 Å². The van der Waals surface area contributed by atoms with E-state index in [2.05, 4.69) is 16.5 Å². The molecule has 0 aliphatic carbocycles. The minimum absolute atomic E-state index is 0.246. The first-order valence-electron chi connectivity index (χ1n) is 7.31. The van der Waals surface area contributed by atoms with Gasteiger partial charge < -0.3 is 9.64 Å². The highest BCUT2D eigenvalue weighted by Crippen LogP contribution is 2.12. The molecule has 0 saturated carbocycles. The predicted molar refractivity (Wildman–Crippen MR) is 86.9 cm³/mol. The second-order valence-electron chi connectivity index (χ2n) is 5.20. The van der Waals surface area contributed by atoms with E-state index in [1.807, 2.05) is 13.8 Å². The Balaban J connectivity index is 2.00. The molecule has 0 radical (unpaired) electrons. The fourth-order valence-corrected chi connectivity index (χ4v) is 2.09. The van der Waals surface area contributed by atoms with E-state index in [0.29, 0.717) is 29.7 Å². The van der Waals surface area contributed by atoms with Crippen LogP contribution < -0.4 is 0 Å². The maximum atomic E-state index is 12.1. The summed E-state index contributed by atoms with van der Waals surface area (Å²) in [6.07, 6.45) is 3.14. The summed E-state index contributed by atoms with van der Waals surface area (Å²) in [7, 11) is 0. The van der Waals surface area contributed by atoms with Gasteiger partial charge in [-0.3, -0.25) is 14.8 Å². The van der Waals surface area contributed by atoms with Crippen molar-refractivity contribution < 1.29 is 14.3 Å². The molecule has 1 aromatic heterocycles. The Morgan fingerprint density at radius 2 is 1.91 bits per heavy atom. The number of rotatable bonds is 6. The molecule has 0 bridgehead atoms. The average Bonchev–Trinajstić information content (AvgIpc) is 2.56. The number of carbonyl (C=O) groups excluding carboxylic acids is 2. The van der Waals surface area contributed by atoms with Crippen LogP contribution in [-0.2, 0) is 9.53 Å². The van der Waals surface area contributed by atoms with E-state index in [1.165, 1.54) is 0 Å². The number of ether oxygens (including phenoxy) is 1. The maximum Gasteiger partial charge on any atom is 0.338 e. The van der Waals surface area contributed by atoms with Crippen molar-refractivity contribution in [2.45, 2.75) is 13.8 Å². The van der Waals surface area contributed by atoms with Crippen molar-refractivity contribution in [1.82, 2.24) is 14.9 Å². The Hall–Kier alpha value is -2.76. The van der Waals surface area contributed by atoms with Crippen LogP contribution in [0.5, 0.6) is 0 Å². The molecule has 0 fully saturated rings. The molecular formula is C17H19N3O3. The van der Waals surface area contributed by atoms with Gasteiger partial charge in [0.15, 0.2) is 6.61 Å².